The van der Waals surface area contributed by atoms with E-state index in [1.807, 2.05) is 42.5 Å². The van der Waals surface area contributed by atoms with Gasteiger partial charge in [0.05, 0.1) is 24.4 Å². The standard InChI is InChI=1S/C22H20ClNO4/c1-3-27-21(25)19(22(26)28-4-2)20-17(14-8-6-5-7-9-14)12-15-10-11-16(23)13-18(15)24-20/h5-13,19H,3-4H2,1-2H3. The van der Waals surface area contributed by atoms with E-state index < -0.39 is 17.9 Å². The first kappa shape index (κ1) is 19.8. The van der Waals surface area contributed by atoms with Gasteiger partial charge < -0.3 is 9.47 Å². The van der Waals surface area contributed by atoms with Gasteiger partial charge in [-0.1, -0.05) is 48.0 Å². The first-order valence-corrected chi connectivity index (χ1v) is 9.41. The van der Waals surface area contributed by atoms with Gasteiger partial charge in [-0.05, 0) is 37.6 Å². The fourth-order valence-corrected chi connectivity index (χ4v) is 3.16. The Labute approximate surface area is 168 Å². The van der Waals surface area contributed by atoms with E-state index in [1.54, 1.807) is 26.0 Å². The number of esters is 2. The highest BCUT2D eigenvalue weighted by atomic mass is 35.5. The van der Waals surface area contributed by atoms with Crippen LogP contribution >= 0.6 is 11.6 Å². The molecule has 0 bridgehead atoms. The first-order chi connectivity index (χ1) is 13.5. The SMILES string of the molecule is CCOC(=O)C(C(=O)OCC)c1nc2cc(Cl)ccc2cc1-c1ccccc1. The zero-order valence-electron chi connectivity index (χ0n) is 15.6. The molecule has 0 aliphatic heterocycles. The summed E-state index contributed by atoms with van der Waals surface area (Å²) in [5.74, 6) is -2.66. The van der Waals surface area contributed by atoms with Crippen molar-refractivity contribution in [1.82, 2.24) is 4.98 Å². The second-order valence-corrected chi connectivity index (χ2v) is 6.50. The van der Waals surface area contributed by atoms with Crippen LogP contribution in [-0.2, 0) is 19.1 Å². The number of rotatable bonds is 6. The van der Waals surface area contributed by atoms with Crippen molar-refractivity contribution >= 4 is 34.4 Å². The number of hydrogen-bond donors (Lipinski definition) is 0. The van der Waals surface area contributed by atoms with Crippen LogP contribution in [-0.4, -0.2) is 30.1 Å². The molecule has 0 N–H and O–H groups in total. The van der Waals surface area contributed by atoms with E-state index in [0.29, 0.717) is 16.1 Å². The maximum atomic E-state index is 12.7. The molecule has 5 nitrogen and oxygen atoms in total. The van der Waals surface area contributed by atoms with E-state index in [1.165, 1.54) is 0 Å². The van der Waals surface area contributed by atoms with Crippen LogP contribution in [0, 0.1) is 0 Å². The molecule has 0 radical (unpaired) electrons. The van der Waals surface area contributed by atoms with Gasteiger partial charge in [0.25, 0.3) is 0 Å². The lowest BCUT2D eigenvalue weighted by Crippen LogP contribution is -2.27. The summed E-state index contributed by atoms with van der Waals surface area (Å²) in [6.45, 7) is 3.67. The normalized spacial score (nSPS) is 10.9. The lowest BCUT2D eigenvalue weighted by molar-refractivity contribution is -0.157. The molecule has 28 heavy (non-hydrogen) atoms. The maximum Gasteiger partial charge on any atom is 0.326 e. The first-order valence-electron chi connectivity index (χ1n) is 9.04. The fourth-order valence-electron chi connectivity index (χ4n) is 2.99. The van der Waals surface area contributed by atoms with Gasteiger partial charge in [-0.25, -0.2) is 0 Å². The van der Waals surface area contributed by atoms with Crippen molar-refractivity contribution in [2.75, 3.05) is 13.2 Å². The van der Waals surface area contributed by atoms with Gasteiger partial charge in [0.15, 0.2) is 5.92 Å². The van der Waals surface area contributed by atoms with Gasteiger partial charge in [-0.15, -0.1) is 0 Å². The number of fused-ring (bicyclic) bond motifs is 1. The number of ether oxygens (including phenoxy) is 2. The van der Waals surface area contributed by atoms with E-state index >= 15 is 0 Å². The molecule has 0 amide bonds. The molecule has 0 unspecified atom stereocenters. The monoisotopic (exact) mass is 397 g/mol. The molecule has 0 spiro atoms. The number of nitrogens with zero attached hydrogens (tertiary/aromatic N) is 1. The summed E-state index contributed by atoms with van der Waals surface area (Å²) < 4.78 is 10.3. The Hall–Kier alpha value is -2.92. The number of hydrogen-bond acceptors (Lipinski definition) is 5. The molecule has 0 fully saturated rings. The molecule has 3 aromatic rings. The number of benzene rings is 2. The van der Waals surface area contributed by atoms with Gasteiger partial charge in [-0.3, -0.25) is 14.6 Å². The number of carbonyl (C=O) groups excluding carboxylic acids is 2. The van der Waals surface area contributed by atoms with E-state index in [2.05, 4.69) is 4.98 Å². The van der Waals surface area contributed by atoms with E-state index in [0.717, 1.165) is 10.9 Å². The molecule has 0 saturated heterocycles. The molecule has 1 heterocycles. The summed E-state index contributed by atoms with van der Waals surface area (Å²) >= 11 is 6.11. The summed E-state index contributed by atoms with van der Waals surface area (Å²) in [5.41, 5.74) is 2.38. The Morgan fingerprint density at radius 3 is 2.21 bits per heavy atom. The number of pyridine rings is 1. The van der Waals surface area contributed by atoms with Gasteiger partial charge >= 0.3 is 11.9 Å². The smallest absolute Gasteiger partial charge is 0.326 e. The Bertz CT molecular complexity index is 986. The highest BCUT2D eigenvalue weighted by Gasteiger charge is 2.35. The van der Waals surface area contributed by atoms with Crippen molar-refractivity contribution in [3.05, 3.63) is 65.3 Å². The Balaban J connectivity index is 2.27. The quantitative estimate of drug-likeness (QED) is 0.443. The number of carbonyl (C=O) groups is 2. The van der Waals surface area contributed by atoms with Crippen LogP contribution < -0.4 is 0 Å². The molecule has 0 aliphatic rings. The average molecular weight is 398 g/mol. The molecule has 0 atom stereocenters. The van der Waals surface area contributed by atoms with Crippen molar-refractivity contribution in [3.63, 3.8) is 0 Å². The number of aromatic nitrogens is 1. The summed E-state index contributed by atoms with van der Waals surface area (Å²) in [6, 6.07) is 16.7. The predicted octanol–water partition coefficient (Wildman–Crippen LogP) is 4.77. The van der Waals surface area contributed by atoms with E-state index in [-0.39, 0.29) is 18.9 Å². The third-order valence-corrected chi connectivity index (χ3v) is 4.45. The van der Waals surface area contributed by atoms with Crippen molar-refractivity contribution in [3.8, 4) is 11.1 Å². The van der Waals surface area contributed by atoms with Crippen LogP contribution in [0.15, 0.2) is 54.6 Å². The van der Waals surface area contributed by atoms with Crippen LogP contribution in [0.3, 0.4) is 0 Å². The van der Waals surface area contributed by atoms with Crippen LogP contribution in [0.25, 0.3) is 22.0 Å². The van der Waals surface area contributed by atoms with E-state index in [9.17, 15) is 9.59 Å². The highest BCUT2D eigenvalue weighted by Crippen LogP contribution is 2.33. The van der Waals surface area contributed by atoms with Crippen molar-refractivity contribution < 1.29 is 19.1 Å². The van der Waals surface area contributed by atoms with Crippen LogP contribution in [0.2, 0.25) is 5.02 Å². The summed E-state index contributed by atoms with van der Waals surface area (Å²) in [7, 11) is 0. The second-order valence-electron chi connectivity index (χ2n) is 6.06. The molecule has 2 aromatic carbocycles. The zero-order chi connectivity index (χ0) is 20.1. The third-order valence-electron chi connectivity index (χ3n) is 4.21. The summed E-state index contributed by atoms with van der Waals surface area (Å²) in [4.78, 5) is 29.9. The maximum absolute atomic E-state index is 12.7. The third kappa shape index (κ3) is 4.15. The van der Waals surface area contributed by atoms with Gasteiger partial charge in [0, 0.05) is 16.0 Å². The largest absolute Gasteiger partial charge is 0.465 e. The zero-order valence-corrected chi connectivity index (χ0v) is 16.4. The van der Waals surface area contributed by atoms with Crippen molar-refractivity contribution in [2.45, 2.75) is 19.8 Å². The van der Waals surface area contributed by atoms with Crippen molar-refractivity contribution in [1.29, 1.82) is 0 Å². The molecular weight excluding hydrogens is 378 g/mol. The minimum atomic E-state index is -1.28. The molecular formula is C22H20ClNO4. The predicted molar refractivity (Wildman–Crippen MR) is 108 cm³/mol. The lowest BCUT2D eigenvalue weighted by atomic mass is 9.93. The molecule has 1 aromatic heterocycles. The molecule has 0 saturated carbocycles. The molecule has 3 rings (SSSR count). The topological polar surface area (TPSA) is 65.5 Å². The van der Waals surface area contributed by atoms with Crippen molar-refractivity contribution in [2.24, 2.45) is 0 Å². The van der Waals surface area contributed by atoms with Gasteiger partial charge in [0.2, 0.25) is 0 Å². The van der Waals surface area contributed by atoms with Crippen LogP contribution in [0.4, 0.5) is 0 Å². The minimum absolute atomic E-state index is 0.148. The second kappa shape index (κ2) is 8.85. The molecule has 0 aliphatic carbocycles. The Morgan fingerprint density at radius 1 is 0.964 bits per heavy atom. The molecule has 6 heteroatoms. The highest BCUT2D eigenvalue weighted by molar-refractivity contribution is 6.31. The van der Waals surface area contributed by atoms with Crippen LogP contribution in [0.1, 0.15) is 25.5 Å². The molecule has 144 valence electrons. The summed E-state index contributed by atoms with van der Waals surface area (Å²) in [6.07, 6.45) is 0. The van der Waals surface area contributed by atoms with Crippen LogP contribution in [0.5, 0.6) is 0 Å². The summed E-state index contributed by atoms with van der Waals surface area (Å²) in [5, 5.41) is 1.36. The van der Waals surface area contributed by atoms with Gasteiger partial charge in [-0.2, -0.15) is 0 Å². The Kier molecular flexibility index (Phi) is 6.26. The average Bonchev–Trinajstić information content (AvgIpc) is 2.68. The number of halogens is 1. The lowest BCUT2D eigenvalue weighted by Gasteiger charge is -2.18. The Morgan fingerprint density at radius 2 is 1.61 bits per heavy atom. The minimum Gasteiger partial charge on any atom is -0.465 e. The van der Waals surface area contributed by atoms with E-state index in [4.69, 9.17) is 21.1 Å². The van der Waals surface area contributed by atoms with Gasteiger partial charge in [0.1, 0.15) is 0 Å². The fraction of sp³-hybridized carbons (Fsp3) is 0.227.